The number of methoxy groups -OCH3 is 1. The fraction of sp³-hybridized carbons (Fsp3) is 0.263. The first kappa shape index (κ1) is 19.9. The summed E-state index contributed by atoms with van der Waals surface area (Å²) in [6, 6.07) is 12.8. The maximum Gasteiger partial charge on any atom is 0.281 e. The molecule has 0 bridgehead atoms. The minimum atomic E-state index is -0.683. The number of benzene rings is 2. The average molecular weight is 371 g/mol. The Balaban J connectivity index is 1.95. The monoisotopic (exact) mass is 371 g/mol. The molecule has 2 aromatic carbocycles. The van der Waals surface area contributed by atoms with Gasteiger partial charge in [-0.1, -0.05) is 13.3 Å². The zero-order chi connectivity index (χ0) is 19.6. The van der Waals surface area contributed by atoms with E-state index in [1.54, 1.807) is 43.5 Å². The fourth-order valence-corrected chi connectivity index (χ4v) is 2.25. The normalized spacial score (nSPS) is 11.8. The largest absolute Gasteiger partial charge is 0.497 e. The van der Waals surface area contributed by atoms with Gasteiger partial charge >= 0.3 is 0 Å². The van der Waals surface area contributed by atoms with Gasteiger partial charge in [-0.2, -0.15) is 5.10 Å². The van der Waals surface area contributed by atoms with Crippen molar-refractivity contribution in [1.82, 2.24) is 5.43 Å². The molecule has 0 spiro atoms. The number of carbonyl (C=O) groups is 1. The van der Waals surface area contributed by atoms with E-state index in [4.69, 9.17) is 9.47 Å². The van der Waals surface area contributed by atoms with Gasteiger partial charge in [0, 0.05) is 12.1 Å². The first-order valence-corrected chi connectivity index (χ1v) is 8.41. The molecule has 1 unspecified atom stereocenters. The van der Waals surface area contributed by atoms with E-state index < -0.39 is 11.0 Å². The van der Waals surface area contributed by atoms with Crippen molar-refractivity contribution in [3.05, 3.63) is 64.2 Å². The molecule has 0 fully saturated rings. The van der Waals surface area contributed by atoms with Gasteiger partial charge in [0.2, 0.25) is 0 Å². The second-order valence-electron chi connectivity index (χ2n) is 5.65. The molecule has 0 saturated carbocycles. The summed E-state index contributed by atoms with van der Waals surface area (Å²) in [4.78, 5) is 22.5. The van der Waals surface area contributed by atoms with Crippen LogP contribution in [-0.2, 0) is 4.79 Å². The lowest BCUT2D eigenvalue weighted by atomic mass is 10.2. The molecular weight excluding hydrogens is 350 g/mol. The third kappa shape index (κ3) is 6.10. The summed E-state index contributed by atoms with van der Waals surface area (Å²) in [5, 5.41) is 14.5. The molecular formula is C19H21N3O5. The predicted molar refractivity (Wildman–Crippen MR) is 101 cm³/mol. The van der Waals surface area contributed by atoms with Crippen LogP contribution >= 0.6 is 0 Å². The summed E-state index contributed by atoms with van der Waals surface area (Å²) < 4.78 is 10.8. The van der Waals surface area contributed by atoms with E-state index in [0.717, 1.165) is 6.42 Å². The van der Waals surface area contributed by atoms with Crippen molar-refractivity contribution in [2.45, 2.75) is 25.9 Å². The molecule has 1 atom stereocenters. The van der Waals surface area contributed by atoms with Crippen molar-refractivity contribution in [3.8, 4) is 11.5 Å². The molecule has 2 rings (SSSR count). The second kappa shape index (κ2) is 9.91. The number of nitro groups is 1. The highest BCUT2D eigenvalue weighted by atomic mass is 16.6. The van der Waals surface area contributed by atoms with Crippen molar-refractivity contribution >= 4 is 17.8 Å². The van der Waals surface area contributed by atoms with Crippen LogP contribution in [0.3, 0.4) is 0 Å². The third-order valence-electron chi connectivity index (χ3n) is 3.67. The Morgan fingerprint density at radius 1 is 1.19 bits per heavy atom. The van der Waals surface area contributed by atoms with Crippen LogP contribution in [0.5, 0.6) is 11.5 Å². The van der Waals surface area contributed by atoms with Crippen LogP contribution in [0.1, 0.15) is 25.3 Å². The standard InChI is InChI=1S/C19H21N3O5/c1-3-4-18(27-17-11-9-16(26-2)10-12-17)19(23)21-20-13-14-5-7-15(8-6-14)22(24)25/h5-13,18H,3-4H2,1-2H3,(H,21,23). The Kier molecular flexibility index (Phi) is 7.30. The molecule has 27 heavy (non-hydrogen) atoms. The SMILES string of the molecule is CCCC(Oc1ccc(OC)cc1)C(=O)NN=Cc1ccc([N+](=O)[O-])cc1. The zero-order valence-corrected chi connectivity index (χ0v) is 15.1. The molecule has 2 aromatic rings. The molecule has 0 heterocycles. The van der Waals surface area contributed by atoms with E-state index in [2.05, 4.69) is 10.5 Å². The molecule has 0 aliphatic rings. The van der Waals surface area contributed by atoms with Gasteiger partial charge in [0.1, 0.15) is 11.5 Å². The van der Waals surface area contributed by atoms with Crippen LogP contribution in [0.15, 0.2) is 53.6 Å². The van der Waals surface area contributed by atoms with Crippen LogP contribution < -0.4 is 14.9 Å². The molecule has 1 N–H and O–H groups in total. The smallest absolute Gasteiger partial charge is 0.281 e. The highest BCUT2D eigenvalue weighted by Crippen LogP contribution is 2.19. The Morgan fingerprint density at radius 3 is 2.37 bits per heavy atom. The summed E-state index contributed by atoms with van der Waals surface area (Å²) in [5.41, 5.74) is 3.06. The molecule has 0 aliphatic carbocycles. The van der Waals surface area contributed by atoms with Crippen molar-refractivity contribution in [1.29, 1.82) is 0 Å². The van der Waals surface area contributed by atoms with Gasteiger partial charge in [-0.15, -0.1) is 0 Å². The van der Waals surface area contributed by atoms with E-state index in [1.807, 2.05) is 6.92 Å². The van der Waals surface area contributed by atoms with Gasteiger partial charge in [-0.3, -0.25) is 14.9 Å². The number of hydrazone groups is 1. The Labute approximate surface area is 157 Å². The minimum absolute atomic E-state index is 0.00733. The highest BCUT2D eigenvalue weighted by Gasteiger charge is 2.19. The predicted octanol–water partition coefficient (Wildman–Crippen LogP) is 3.30. The first-order valence-electron chi connectivity index (χ1n) is 8.41. The van der Waals surface area contributed by atoms with E-state index in [9.17, 15) is 14.9 Å². The average Bonchev–Trinajstić information content (AvgIpc) is 2.68. The number of rotatable bonds is 9. The summed E-state index contributed by atoms with van der Waals surface area (Å²) in [6.07, 6.45) is 2.03. The topological polar surface area (TPSA) is 103 Å². The van der Waals surface area contributed by atoms with Gasteiger partial charge in [-0.05, 0) is 48.4 Å². The molecule has 0 aliphatic heterocycles. The number of carbonyl (C=O) groups excluding carboxylic acids is 1. The lowest BCUT2D eigenvalue weighted by Crippen LogP contribution is -2.35. The number of nitrogens with one attached hydrogen (secondary N) is 1. The number of amides is 1. The number of hydrogen-bond acceptors (Lipinski definition) is 6. The lowest BCUT2D eigenvalue weighted by Gasteiger charge is -2.17. The van der Waals surface area contributed by atoms with Crippen LogP contribution in [0, 0.1) is 10.1 Å². The maximum absolute atomic E-state index is 12.3. The van der Waals surface area contributed by atoms with Crippen LogP contribution in [-0.4, -0.2) is 30.3 Å². The summed E-state index contributed by atoms with van der Waals surface area (Å²) in [6.45, 7) is 1.96. The van der Waals surface area contributed by atoms with E-state index in [1.165, 1.54) is 18.3 Å². The summed E-state index contributed by atoms with van der Waals surface area (Å²) in [5.74, 6) is 0.890. The van der Waals surface area contributed by atoms with Gasteiger partial charge in [0.05, 0.1) is 18.2 Å². The van der Waals surface area contributed by atoms with Gasteiger partial charge in [0.25, 0.3) is 11.6 Å². The summed E-state index contributed by atoms with van der Waals surface area (Å²) in [7, 11) is 1.58. The molecule has 142 valence electrons. The lowest BCUT2D eigenvalue weighted by molar-refractivity contribution is -0.384. The quantitative estimate of drug-likeness (QED) is 0.414. The molecule has 8 heteroatoms. The third-order valence-corrected chi connectivity index (χ3v) is 3.67. The van der Waals surface area contributed by atoms with Gasteiger partial charge in [-0.25, -0.2) is 5.43 Å². The molecule has 0 saturated heterocycles. The van der Waals surface area contributed by atoms with E-state index >= 15 is 0 Å². The van der Waals surface area contributed by atoms with Crippen molar-refractivity contribution in [2.24, 2.45) is 5.10 Å². The molecule has 0 radical (unpaired) electrons. The Hall–Kier alpha value is -3.42. The molecule has 0 aromatic heterocycles. The Morgan fingerprint density at radius 2 is 1.81 bits per heavy atom. The maximum atomic E-state index is 12.3. The van der Waals surface area contributed by atoms with E-state index in [-0.39, 0.29) is 11.6 Å². The number of hydrogen-bond donors (Lipinski definition) is 1. The van der Waals surface area contributed by atoms with Crippen molar-refractivity contribution < 1.29 is 19.2 Å². The highest BCUT2D eigenvalue weighted by molar-refractivity contribution is 5.84. The second-order valence-corrected chi connectivity index (χ2v) is 5.65. The number of non-ortho nitro benzene ring substituents is 1. The number of ether oxygens (including phenoxy) is 2. The van der Waals surface area contributed by atoms with Gasteiger partial charge in [0.15, 0.2) is 6.10 Å². The molecule has 8 nitrogen and oxygen atoms in total. The first-order chi connectivity index (χ1) is 13.0. The van der Waals surface area contributed by atoms with E-state index in [0.29, 0.717) is 23.5 Å². The minimum Gasteiger partial charge on any atom is -0.497 e. The van der Waals surface area contributed by atoms with Crippen LogP contribution in [0.4, 0.5) is 5.69 Å². The van der Waals surface area contributed by atoms with Crippen LogP contribution in [0.2, 0.25) is 0 Å². The van der Waals surface area contributed by atoms with Gasteiger partial charge < -0.3 is 9.47 Å². The number of nitro benzene ring substituents is 1. The number of nitrogens with zero attached hydrogens (tertiary/aromatic N) is 2. The molecule has 1 amide bonds. The Bertz CT molecular complexity index is 788. The zero-order valence-electron chi connectivity index (χ0n) is 15.1. The summed E-state index contributed by atoms with van der Waals surface area (Å²) >= 11 is 0. The van der Waals surface area contributed by atoms with Crippen molar-refractivity contribution in [3.63, 3.8) is 0 Å². The fourth-order valence-electron chi connectivity index (χ4n) is 2.25. The van der Waals surface area contributed by atoms with Crippen molar-refractivity contribution in [2.75, 3.05) is 7.11 Å². The van der Waals surface area contributed by atoms with Crippen LogP contribution in [0.25, 0.3) is 0 Å².